The molecule has 5 rings (SSSR count). The third-order valence-electron chi connectivity index (χ3n) is 9.91. The molecule has 33 heavy (non-hydrogen) atoms. The zero-order valence-electron chi connectivity index (χ0n) is 19.9. The third kappa shape index (κ3) is 3.30. The Labute approximate surface area is 201 Å². The highest BCUT2D eigenvalue weighted by Gasteiger charge is 2.65. The lowest BCUT2D eigenvalue weighted by molar-refractivity contribution is -0.159. The molecule has 5 heteroatoms. The standard InChI is InChI=1S/C28H35NO3S/c1-17(30)28(32)13-11-24-23-9-4-18-14-21(31)15-19(16-33-22-7-5-20(29)6-8-22)27(18,3)25(23)10-12-26(24,28)2/h5-8,14,16,23-25,32H,4,9-13,15,29H2,1-3H3/t23-,24-,25-,26-,27+,28-/m0/s1. The maximum atomic E-state index is 12.7. The van der Waals surface area contributed by atoms with Crippen LogP contribution in [0.4, 0.5) is 5.69 Å². The first kappa shape index (κ1) is 22.9. The molecule has 0 unspecified atom stereocenters. The number of hydrogen-bond acceptors (Lipinski definition) is 5. The second kappa shape index (κ2) is 7.84. The van der Waals surface area contributed by atoms with Crippen LogP contribution in [-0.4, -0.2) is 22.3 Å². The summed E-state index contributed by atoms with van der Waals surface area (Å²) in [7, 11) is 0. The van der Waals surface area contributed by atoms with Crippen molar-refractivity contribution in [1.29, 1.82) is 0 Å². The zero-order valence-corrected chi connectivity index (χ0v) is 20.7. The summed E-state index contributed by atoms with van der Waals surface area (Å²) >= 11 is 1.67. The average molecular weight is 466 g/mol. The predicted octanol–water partition coefficient (Wildman–Crippen LogP) is 5.71. The Balaban J connectivity index is 1.50. The Kier molecular flexibility index (Phi) is 5.45. The number of Topliss-reactive ketones (excluding diaryl/α,β-unsaturated/α-hetero) is 1. The summed E-state index contributed by atoms with van der Waals surface area (Å²) in [4.78, 5) is 26.3. The number of rotatable bonds is 3. The topological polar surface area (TPSA) is 80.4 Å². The van der Waals surface area contributed by atoms with Gasteiger partial charge in [0.05, 0.1) is 0 Å². The van der Waals surface area contributed by atoms with Crippen LogP contribution in [-0.2, 0) is 9.59 Å². The first-order chi connectivity index (χ1) is 15.6. The fourth-order valence-electron chi connectivity index (χ4n) is 7.95. The number of nitrogen functional groups attached to an aromatic ring is 1. The highest BCUT2D eigenvalue weighted by Crippen LogP contribution is 2.68. The molecule has 176 valence electrons. The van der Waals surface area contributed by atoms with Crippen molar-refractivity contribution in [2.24, 2.45) is 28.6 Å². The smallest absolute Gasteiger partial charge is 0.161 e. The van der Waals surface area contributed by atoms with E-state index in [2.05, 4.69) is 19.3 Å². The van der Waals surface area contributed by atoms with Crippen LogP contribution >= 0.6 is 11.8 Å². The van der Waals surface area contributed by atoms with Gasteiger partial charge in [0.1, 0.15) is 5.60 Å². The first-order valence-corrected chi connectivity index (χ1v) is 13.2. The Morgan fingerprint density at radius 1 is 1.12 bits per heavy atom. The zero-order chi connectivity index (χ0) is 23.6. The molecule has 1 aromatic rings. The van der Waals surface area contributed by atoms with Gasteiger partial charge in [-0.15, -0.1) is 0 Å². The monoisotopic (exact) mass is 465 g/mol. The third-order valence-corrected chi connectivity index (χ3v) is 10.9. The molecule has 3 N–H and O–H groups in total. The fraction of sp³-hybridized carbons (Fsp3) is 0.571. The van der Waals surface area contributed by atoms with Gasteiger partial charge in [-0.1, -0.05) is 31.2 Å². The molecule has 3 saturated carbocycles. The van der Waals surface area contributed by atoms with E-state index in [1.165, 1.54) is 11.1 Å². The van der Waals surface area contributed by atoms with Crippen LogP contribution in [0.2, 0.25) is 0 Å². The molecular weight excluding hydrogens is 430 g/mol. The molecule has 3 fully saturated rings. The molecule has 0 bridgehead atoms. The van der Waals surface area contributed by atoms with Gasteiger partial charge in [-0.3, -0.25) is 9.59 Å². The number of anilines is 1. The van der Waals surface area contributed by atoms with Crippen molar-refractivity contribution in [2.45, 2.75) is 76.2 Å². The van der Waals surface area contributed by atoms with Crippen LogP contribution in [0.15, 0.2) is 51.8 Å². The predicted molar refractivity (Wildman–Crippen MR) is 133 cm³/mol. The first-order valence-electron chi connectivity index (χ1n) is 12.3. The molecule has 0 amide bonds. The van der Waals surface area contributed by atoms with Gasteiger partial charge in [0.25, 0.3) is 0 Å². The Morgan fingerprint density at radius 3 is 2.52 bits per heavy atom. The molecule has 6 atom stereocenters. The normalized spacial score (nSPS) is 41.2. The highest BCUT2D eigenvalue weighted by molar-refractivity contribution is 8.02. The maximum absolute atomic E-state index is 12.7. The Morgan fingerprint density at radius 2 is 1.82 bits per heavy atom. The molecule has 4 nitrogen and oxygen atoms in total. The second-order valence-corrected chi connectivity index (χ2v) is 12.1. The van der Waals surface area contributed by atoms with Gasteiger partial charge >= 0.3 is 0 Å². The van der Waals surface area contributed by atoms with Crippen LogP contribution < -0.4 is 5.73 Å². The van der Waals surface area contributed by atoms with Crippen LogP contribution in [0.3, 0.4) is 0 Å². The van der Waals surface area contributed by atoms with Gasteiger partial charge < -0.3 is 10.8 Å². The summed E-state index contributed by atoms with van der Waals surface area (Å²) in [5, 5.41) is 13.6. The molecule has 0 aromatic heterocycles. The number of fused-ring (bicyclic) bond motifs is 5. The summed E-state index contributed by atoms with van der Waals surface area (Å²) < 4.78 is 0. The number of allylic oxidation sites excluding steroid dienone is 2. The summed E-state index contributed by atoms with van der Waals surface area (Å²) in [6.45, 7) is 6.07. The van der Waals surface area contributed by atoms with E-state index in [1.807, 2.05) is 30.3 Å². The van der Waals surface area contributed by atoms with Crippen LogP contribution in [0, 0.1) is 28.6 Å². The van der Waals surface area contributed by atoms with Crippen LogP contribution in [0.5, 0.6) is 0 Å². The molecule has 0 saturated heterocycles. The van der Waals surface area contributed by atoms with E-state index in [0.29, 0.717) is 30.6 Å². The van der Waals surface area contributed by atoms with Gasteiger partial charge in [0.15, 0.2) is 11.6 Å². The van der Waals surface area contributed by atoms with Crippen molar-refractivity contribution in [3.8, 4) is 0 Å². The van der Waals surface area contributed by atoms with E-state index in [4.69, 9.17) is 5.73 Å². The van der Waals surface area contributed by atoms with Crippen molar-refractivity contribution in [2.75, 3.05) is 5.73 Å². The Hall–Kier alpha value is -1.85. The number of carbonyl (C=O) groups excluding carboxylic acids is 2. The van der Waals surface area contributed by atoms with E-state index >= 15 is 0 Å². The minimum atomic E-state index is -1.19. The SMILES string of the molecule is CC(=O)[C@@]1(O)CC[C@H]2[C@@H]3CCC4=CC(=O)CC(=CSc5ccc(N)cc5)[C@]4(C)[C@H]3CC[C@@]21C. The van der Waals surface area contributed by atoms with E-state index in [0.717, 1.165) is 42.7 Å². The van der Waals surface area contributed by atoms with Crippen molar-refractivity contribution in [3.63, 3.8) is 0 Å². The minimum Gasteiger partial charge on any atom is -0.399 e. The van der Waals surface area contributed by atoms with Gasteiger partial charge in [-0.2, -0.15) is 0 Å². The number of aliphatic hydroxyl groups is 1. The van der Waals surface area contributed by atoms with Gasteiger partial charge in [0, 0.05) is 27.8 Å². The quantitative estimate of drug-likeness (QED) is 0.442. The number of carbonyl (C=O) groups is 2. The van der Waals surface area contributed by atoms with Gasteiger partial charge in [-0.05, 0) is 105 Å². The van der Waals surface area contributed by atoms with Gasteiger partial charge in [-0.25, -0.2) is 0 Å². The lowest BCUT2D eigenvalue weighted by Gasteiger charge is -2.59. The molecule has 0 radical (unpaired) electrons. The Bertz CT molecular complexity index is 1060. The second-order valence-electron chi connectivity index (χ2n) is 11.2. The fourth-order valence-corrected chi connectivity index (χ4v) is 8.85. The lowest BCUT2D eigenvalue weighted by atomic mass is 9.45. The number of benzene rings is 1. The van der Waals surface area contributed by atoms with E-state index in [9.17, 15) is 14.7 Å². The summed E-state index contributed by atoms with van der Waals surface area (Å²) in [5.74, 6) is 1.40. The summed E-state index contributed by atoms with van der Waals surface area (Å²) in [6.07, 6.45) is 7.73. The largest absolute Gasteiger partial charge is 0.399 e. The molecule has 0 aliphatic heterocycles. The van der Waals surface area contributed by atoms with Gasteiger partial charge in [0.2, 0.25) is 0 Å². The molecular formula is C28H35NO3S. The lowest BCUT2D eigenvalue weighted by Crippen LogP contribution is -2.57. The maximum Gasteiger partial charge on any atom is 0.161 e. The van der Waals surface area contributed by atoms with Crippen LogP contribution in [0.1, 0.15) is 65.7 Å². The van der Waals surface area contributed by atoms with Crippen molar-refractivity contribution < 1.29 is 14.7 Å². The van der Waals surface area contributed by atoms with Crippen LogP contribution in [0.25, 0.3) is 0 Å². The number of thioether (sulfide) groups is 1. The molecule has 4 aliphatic rings. The number of hydrogen-bond donors (Lipinski definition) is 2. The van der Waals surface area contributed by atoms with E-state index in [1.54, 1.807) is 18.7 Å². The number of ketones is 2. The van der Waals surface area contributed by atoms with Crippen molar-refractivity contribution in [3.05, 3.63) is 46.9 Å². The molecule has 0 heterocycles. The van der Waals surface area contributed by atoms with Crippen molar-refractivity contribution in [1.82, 2.24) is 0 Å². The number of nitrogens with two attached hydrogens (primary N) is 1. The van der Waals surface area contributed by atoms with Crippen molar-refractivity contribution >= 4 is 29.0 Å². The molecule has 1 aromatic carbocycles. The highest BCUT2D eigenvalue weighted by atomic mass is 32.2. The van der Waals surface area contributed by atoms with E-state index < -0.39 is 5.60 Å². The van der Waals surface area contributed by atoms with E-state index in [-0.39, 0.29) is 22.4 Å². The molecule has 4 aliphatic carbocycles. The summed E-state index contributed by atoms with van der Waals surface area (Å²) in [5.41, 5.74) is 7.44. The molecule has 0 spiro atoms. The average Bonchev–Trinajstić information content (AvgIpc) is 3.06. The minimum absolute atomic E-state index is 0.0719. The summed E-state index contributed by atoms with van der Waals surface area (Å²) in [6, 6.07) is 7.87.